The van der Waals surface area contributed by atoms with Gasteiger partial charge in [0.2, 0.25) is 0 Å². The Hall–Kier alpha value is -0.240. The summed E-state index contributed by atoms with van der Waals surface area (Å²) in [6.07, 6.45) is 4.29. The summed E-state index contributed by atoms with van der Waals surface area (Å²) in [5.41, 5.74) is 0. The fourth-order valence-electron chi connectivity index (χ4n) is 1.60. The molecule has 0 aromatic carbocycles. The van der Waals surface area contributed by atoms with Crippen LogP contribution in [0.1, 0.15) is 32.1 Å². The van der Waals surface area contributed by atoms with E-state index in [4.69, 9.17) is 16.7 Å². The van der Waals surface area contributed by atoms with Crippen LogP contribution >= 0.6 is 11.6 Å². The van der Waals surface area contributed by atoms with Gasteiger partial charge in [-0.25, -0.2) is 0 Å². The zero-order valence-corrected chi connectivity index (χ0v) is 7.18. The summed E-state index contributed by atoms with van der Waals surface area (Å²) in [7, 11) is 0. The number of hydrogen-bond acceptors (Lipinski definition) is 1. The Labute approximate surface area is 71.5 Å². The Morgan fingerprint density at radius 3 is 2.73 bits per heavy atom. The maximum absolute atomic E-state index is 10.2. The van der Waals surface area contributed by atoms with Gasteiger partial charge in [-0.05, 0) is 31.6 Å². The molecule has 1 aliphatic rings. The van der Waals surface area contributed by atoms with E-state index in [2.05, 4.69) is 0 Å². The second kappa shape index (κ2) is 3.96. The van der Waals surface area contributed by atoms with Crippen LogP contribution in [0.4, 0.5) is 0 Å². The minimum atomic E-state index is -0.692. The van der Waals surface area contributed by atoms with Gasteiger partial charge in [0.15, 0.2) is 0 Å². The molecule has 0 aliphatic heterocycles. The van der Waals surface area contributed by atoms with Gasteiger partial charge in [0, 0.05) is 11.8 Å². The van der Waals surface area contributed by atoms with Crippen molar-refractivity contribution in [3.63, 3.8) is 0 Å². The topological polar surface area (TPSA) is 37.3 Å². The van der Waals surface area contributed by atoms with Crippen LogP contribution in [0.2, 0.25) is 0 Å². The van der Waals surface area contributed by atoms with E-state index in [9.17, 15) is 4.79 Å². The van der Waals surface area contributed by atoms with Gasteiger partial charge in [0.05, 0.1) is 0 Å². The number of alkyl halides is 1. The molecule has 64 valence electrons. The number of rotatable bonds is 3. The highest BCUT2D eigenvalue weighted by Crippen LogP contribution is 2.32. The standard InChI is InChI=1S/C8H13ClO2/c9-7-3-1-6(5-7)2-4-8(10)11/h6-7H,1-5H2,(H,10,11). The molecule has 0 radical (unpaired) electrons. The zero-order chi connectivity index (χ0) is 8.27. The highest BCUT2D eigenvalue weighted by atomic mass is 35.5. The summed E-state index contributed by atoms with van der Waals surface area (Å²) in [5, 5.41) is 8.71. The minimum Gasteiger partial charge on any atom is -0.481 e. The number of aliphatic carboxylic acids is 1. The van der Waals surface area contributed by atoms with E-state index in [1.165, 1.54) is 0 Å². The number of halogens is 1. The van der Waals surface area contributed by atoms with Crippen molar-refractivity contribution in [2.75, 3.05) is 0 Å². The van der Waals surface area contributed by atoms with Crippen molar-refractivity contribution in [1.29, 1.82) is 0 Å². The average molecular weight is 177 g/mol. The summed E-state index contributed by atoms with van der Waals surface area (Å²) in [6.45, 7) is 0. The van der Waals surface area contributed by atoms with Gasteiger partial charge in [-0.1, -0.05) is 0 Å². The SMILES string of the molecule is O=C(O)CCC1CCC(Cl)C1. The molecular weight excluding hydrogens is 164 g/mol. The van der Waals surface area contributed by atoms with Crippen molar-refractivity contribution < 1.29 is 9.90 Å². The summed E-state index contributed by atoms with van der Waals surface area (Å²) >= 11 is 5.87. The summed E-state index contributed by atoms with van der Waals surface area (Å²) in [5.74, 6) is -0.128. The van der Waals surface area contributed by atoms with E-state index in [1.807, 2.05) is 0 Å². The predicted molar refractivity (Wildman–Crippen MR) is 43.9 cm³/mol. The van der Waals surface area contributed by atoms with E-state index < -0.39 is 5.97 Å². The molecule has 2 nitrogen and oxygen atoms in total. The van der Waals surface area contributed by atoms with Crippen molar-refractivity contribution in [3.8, 4) is 0 Å². The number of carbonyl (C=O) groups is 1. The van der Waals surface area contributed by atoms with E-state index in [1.54, 1.807) is 0 Å². The van der Waals surface area contributed by atoms with Crippen molar-refractivity contribution >= 4 is 17.6 Å². The van der Waals surface area contributed by atoms with Gasteiger partial charge in [0.25, 0.3) is 0 Å². The molecule has 11 heavy (non-hydrogen) atoms. The average Bonchev–Trinajstić information content (AvgIpc) is 2.31. The normalized spacial score (nSPS) is 30.6. The number of hydrogen-bond donors (Lipinski definition) is 1. The molecule has 0 bridgehead atoms. The number of carboxylic acids is 1. The first-order chi connectivity index (χ1) is 5.18. The van der Waals surface area contributed by atoms with Crippen LogP contribution in [-0.2, 0) is 4.79 Å². The molecule has 0 amide bonds. The van der Waals surface area contributed by atoms with Gasteiger partial charge in [-0.15, -0.1) is 11.6 Å². The van der Waals surface area contributed by atoms with Gasteiger partial charge in [0.1, 0.15) is 0 Å². The summed E-state index contributed by atoms with van der Waals surface area (Å²) < 4.78 is 0. The van der Waals surface area contributed by atoms with Gasteiger partial charge in [-0.2, -0.15) is 0 Å². The quantitative estimate of drug-likeness (QED) is 0.670. The zero-order valence-electron chi connectivity index (χ0n) is 6.42. The second-order valence-corrected chi connectivity index (χ2v) is 3.83. The van der Waals surface area contributed by atoms with E-state index in [0.29, 0.717) is 17.7 Å². The van der Waals surface area contributed by atoms with Gasteiger partial charge in [-0.3, -0.25) is 4.79 Å². The van der Waals surface area contributed by atoms with Crippen LogP contribution in [0.5, 0.6) is 0 Å². The largest absolute Gasteiger partial charge is 0.481 e. The Morgan fingerprint density at radius 2 is 2.27 bits per heavy atom. The lowest BCUT2D eigenvalue weighted by Crippen LogP contribution is -2.01. The van der Waals surface area contributed by atoms with E-state index in [-0.39, 0.29) is 0 Å². The first kappa shape index (κ1) is 8.85. The minimum absolute atomic E-state index is 0.300. The molecule has 2 unspecified atom stereocenters. The molecule has 3 heteroatoms. The molecule has 0 saturated heterocycles. The Morgan fingerprint density at radius 1 is 1.55 bits per heavy atom. The van der Waals surface area contributed by atoms with Crippen LogP contribution in [0.3, 0.4) is 0 Å². The molecule has 1 saturated carbocycles. The highest BCUT2D eigenvalue weighted by molar-refractivity contribution is 6.20. The Bertz CT molecular complexity index is 147. The first-order valence-electron chi connectivity index (χ1n) is 4.04. The molecular formula is C8H13ClO2. The third-order valence-electron chi connectivity index (χ3n) is 2.24. The van der Waals surface area contributed by atoms with Crippen molar-refractivity contribution in [3.05, 3.63) is 0 Å². The van der Waals surface area contributed by atoms with Crippen molar-refractivity contribution in [1.82, 2.24) is 0 Å². The maximum atomic E-state index is 10.2. The molecule has 1 fully saturated rings. The Balaban J connectivity index is 2.13. The van der Waals surface area contributed by atoms with Crippen molar-refractivity contribution in [2.24, 2.45) is 5.92 Å². The van der Waals surface area contributed by atoms with Crippen LogP contribution in [-0.4, -0.2) is 16.5 Å². The number of carboxylic acid groups (broad SMARTS) is 1. The molecule has 0 aromatic heterocycles. The van der Waals surface area contributed by atoms with E-state index in [0.717, 1.165) is 25.7 Å². The van der Waals surface area contributed by atoms with Gasteiger partial charge >= 0.3 is 5.97 Å². The van der Waals surface area contributed by atoms with Crippen LogP contribution in [0.15, 0.2) is 0 Å². The van der Waals surface area contributed by atoms with Crippen LogP contribution in [0, 0.1) is 5.92 Å². The predicted octanol–water partition coefficient (Wildman–Crippen LogP) is 2.26. The molecule has 2 atom stereocenters. The highest BCUT2D eigenvalue weighted by Gasteiger charge is 2.22. The molecule has 1 N–H and O–H groups in total. The smallest absolute Gasteiger partial charge is 0.303 e. The lowest BCUT2D eigenvalue weighted by atomic mass is 10.0. The third-order valence-corrected chi connectivity index (χ3v) is 2.64. The Kier molecular flexibility index (Phi) is 3.18. The molecule has 1 rings (SSSR count). The van der Waals surface area contributed by atoms with Gasteiger partial charge < -0.3 is 5.11 Å². The fourth-order valence-corrected chi connectivity index (χ4v) is 1.98. The summed E-state index contributed by atoms with van der Waals surface area (Å²) in [4.78, 5) is 10.2. The van der Waals surface area contributed by atoms with Crippen LogP contribution < -0.4 is 0 Å². The first-order valence-corrected chi connectivity index (χ1v) is 4.48. The maximum Gasteiger partial charge on any atom is 0.303 e. The van der Waals surface area contributed by atoms with Crippen molar-refractivity contribution in [2.45, 2.75) is 37.5 Å². The molecule has 1 aliphatic carbocycles. The molecule has 0 heterocycles. The van der Waals surface area contributed by atoms with Crippen LogP contribution in [0.25, 0.3) is 0 Å². The third kappa shape index (κ3) is 3.10. The van der Waals surface area contributed by atoms with E-state index >= 15 is 0 Å². The lowest BCUT2D eigenvalue weighted by molar-refractivity contribution is -0.137. The summed E-state index contributed by atoms with van der Waals surface area (Å²) in [6, 6.07) is 0. The fraction of sp³-hybridized carbons (Fsp3) is 0.875. The molecule has 0 aromatic rings. The molecule has 0 spiro atoms. The monoisotopic (exact) mass is 176 g/mol. The lowest BCUT2D eigenvalue weighted by Gasteiger charge is -2.05. The second-order valence-electron chi connectivity index (χ2n) is 3.21.